The fourth-order valence-corrected chi connectivity index (χ4v) is 0.743. The third kappa shape index (κ3) is 1.98. The molecule has 1 heterocycles. The van der Waals surface area contributed by atoms with E-state index < -0.39 is 5.91 Å². The first kappa shape index (κ1) is 8.58. The number of aromatic nitrogens is 2. The van der Waals surface area contributed by atoms with Crippen molar-refractivity contribution >= 4 is 5.91 Å². The molecule has 0 bridgehead atoms. The number of nitrogens with two attached hydrogens (primary N) is 1. The quantitative estimate of drug-likeness (QED) is 0.668. The van der Waals surface area contributed by atoms with Gasteiger partial charge in [-0.15, -0.1) is 5.10 Å². The number of amides is 1. The Bertz CT molecular complexity index is 273. The predicted octanol–water partition coefficient (Wildman–Crippen LogP) is -0.407. The summed E-state index contributed by atoms with van der Waals surface area (Å²) in [7, 11) is 1.80. The average Bonchev–Trinajstić information content (AvgIpc) is 2.28. The second-order valence-corrected chi connectivity index (χ2v) is 2.50. The van der Waals surface area contributed by atoms with Crippen molar-refractivity contribution in [1.82, 2.24) is 9.78 Å². The molecule has 0 radical (unpaired) electrons. The highest BCUT2D eigenvalue weighted by atomic mass is 16.5. The predicted molar refractivity (Wildman–Crippen MR) is 42.6 cm³/mol. The highest BCUT2D eigenvalue weighted by Gasteiger charge is 2.02. The number of carbonyl (C=O) groups is 1. The molecule has 0 atom stereocenters. The maximum atomic E-state index is 10.3. The normalized spacial score (nSPS) is 9.83. The molecule has 0 aliphatic rings. The molecule has 0 fully saturated rings. The summed E-state index contributed by atoms with van der Waals surface area (Å²) in [4.78, 5) is 10.3. The summed E-state index contributed by atoms with van der Waals surface area (Å²) in [6.07, 6.45) is 0. The minimum atomic E-state index is -0.502. The molecule has 1 aromatic heterocycles. The fraction of sp³-hybridized carbons (Fsp3) is 0.429. The minimum Gasteiger partial charge on any atom is -0.467 e. The molecule has 1 aromatic rings. The molecular weight excluding hydrogens is 158 g/mol. The van der Waals surface area contributed by atoms with Gasteiger partial charge in [0.15, 0.2) is 6.61 Å². The van der Waals surface area contributed by atoms with Crippen LogP contribution in [-0.4, -0.2) is 22.3 Å². The van der Waals surface area contributed by atoms with E-state index in [0.717, 1.165) is 5.69 Å². The van der Waals surface area contributed by atoms with E-state index in [9.17, 15) is 4.79 Å². The van der Waals surface area contributed by atoms with E-state index in [1.165, 1.54) is 0 Å². The molecule has 5 heteroatoms. The van der Waals surface area contributed by atoms with Crippen LogP contribution in [0.1, 0.15) is 5.69 Å². The lowest BCUT2D eigenvalue weighted by Crippen LogP contribution is -2.20. The van der Waals surface area contributed by atoms with Gasteiger partial charge in [-0.05, 0) is 6.92 Å². The highest BCUT2D eigenvalue weighted by Crippen LogP contribution is 2.08. The number of hydrogen-bond donors (Lipinski definition) is 1. The molecule has 0 unspecified atom stereocenters. The maximum Gasteiger partial charge on any atom is 0.255 e. The Hall–Kier alpha value is -1.52. The number of hydrogen-bond acceptors (Lipinski definition) is 3. The Morgan fingerprint density at radius 2 is 2.50 bits per heavy atom. The molecule has 5 nitrogen and oxygen atoms in total. The van der Waals surface area contributed by atoms with Gasteiger partial charge < -0.3 is 10.5 Å². The molecule has 0 aliphatic heterocycles. The van der Waals surface area contributed by atoms with E-state index in [1.807, 2.05) is 6.92 Å². The van der Waals surface area contributed by atoms with Crippen LogP contribution in [0.3, 0.4) is 0 Å². The minimum absolute atomic E-state index is 0.129. The van der Waals surface area contributed by atoms with E-state index in [1.54, 1.807) is 17.8 Å². The first-order valence-electron chi connectivity index (χ1n) is 3.51. The van der Waals surface area contributed by atoms with Crippen LogP contribution in [0.4, 0.5) is 0 Å². The lowest BCUT2D eigenvalue weighted by molar-refractivity contribution is -0.120. The number of rotatable bonds is 3. The Kier molecular flexibility index (Phi) is 2.32. The third-order valence-electron chi connectivity index (χ3n) is 1.45. The molecule has 1 amide bonds. The Morgan fingerprint density at radius 3 is 2.92 bits per heavy atom. The second-order valence-electron chi connectivity index (χ2n) is 2.50. The summed E-state index contributed by atoms with van der Waals surface area (Å²) < 4.78 is 6.63. The monoisotopic (exact) mass is 169 g/mol. The summed E-state index contributed by atoms with van der Waals surface area (Å²) in [6, 6.07) is 1.74. The largest absolute Gasteiger partial charge is 0.467 e. The van der Waals surface area contributed by atoms with Crippen molar-refractivity contribution in [3.05, 3.63) is 11.8 Å². The molecule has 0 aromatic carbocycles. The lowest BCUT2D eigenvalue weighted by Gasteiger charge is -1.96. The van der Waals surface area contributed by atoms with Crippen LogP contribution in [0.5, 0.6) is 5.88 Å². The van der Waals surface area contributed by atoms with Gasteiger partial charge in [-0.25, -0.2) is 0 Å². The van der Waals surface area contributed by atoms with Crippen molar-refractivity contribution < 1.29 is 9.53 Å². The Labute approximate surface area is 70.1 Å². The first-order chi connectivity index (χ1) is 5.59. The number of aryl methyl sites for hydroxylation is 2. The van der Waals surface area contributed by atoms with Crippen molar-refractivity contribution in [3.63, 3.8) is 0 Å². The van der Waals surface area contributed by atoms with Crippen molar-refractivity contribution in [2.75, 3.05) is 6.61 Å². The smallest absolute Gasteiger partial charge is 0.255 e. The standard InChI is InChI=1S/C7H11N3O2/c1-5-3-7(9-10(5)2)12-4-6(8)11/h3H,4H2,1-2H3,(H2,8,11). The zero-order chi connectivity index (χ0) is 9.14. The van der Waals surface area contributed by atoms with Crippen molar-refractivity contribution in [2.24, 2.45) is 12.8 Å². The van der Waals surface area contributed by atoms with Crippen molar-refractivity contribution in [1.29, 1.82) is 0 Å². The van der Waals surface area contributed by atoms with Crippen LogP contribution >= 0.6 is 0 Å². The molecule has 1 rings (SSSR count). The van der Waals surface area contributed by atoms with Crippen LogP contribution in [-0.2, 0) is 11.8 Å². The Morgan fingerprint density at radius 1 is 1.83 bits per heavy atom. The summed E-state index contributed by atoms with van der Waals surface area (Å²) in [5, 5.41) is 3.97. The maximum absolute atomic E-state index is 10.3. The topological polar surface area (TPSA) is 70.1 Å². The van der Waals surface area contributed by atoms with Gasteiger partial charge in [0.05, 0.1) is 0 Å². The number of nitrogens with zero attached hydrogens (tertiary/aromatic N) is 2. The molecule has 0 aliphatic carbocycles. The van der Waals surface area contributed by atoms with Crippen LogP contribution in [0.15, 0.2) is 6.07 Å². The van der Waals surface area contributed by atoms with Crippen molar-refractivity contribution in [3.8, 4) is 5.88 Å². The molecule has 0 saturated carbocycles. The summed E-state index contributed by atoms with van der Waals surface area (Å²) >= 11 is 0. The van der Waals surface area contributed by atoms with E-state index in [0.29, 0.717) is 5.88 Å². The van der Waals surface area contributed by atoms with Crippen LogP contribution in [0, 0.1) is 6.92 Å². The van der Waals surface area contributed by atoms with Crippen LogP contribution < -0.4 is 10.5 Å². The molecule has 2 N–H and O–H groups in total. The molecule has 12 heavy (non-hydrogen) atoms. The number of ether oxygens (including phenoxy) is 1. The van der Waals surface area contributed by atoms with Gasteiger partial charge in [-0.2, -0.15) is 0 Å². The van der Waals surface area contributed by atoms with Gasteiger partial charge in [0, 0.05) is 18.8 Å². The first-order valence-corrected chi connectivity index (χ1v) is 3.51. The fourth-order valence-electron chi connectivity index (χ4n) is 0.743. The second kappa shape index (κ2) is 3.25. The van der Waals surface area contributed by atoms with Gasteiger partial charge >= 0.3 is 0 Å². The van der Waals surface area contributed by atoms with Crippen LogP contribution in [0.25, 0.3) is 0 Å². The van der Waals surface area contributed by atoms with Gasteiger partial charge in [-0.3, -0.25) is 9.48 Å². The molecule has 66 valence electrons. The Balaban J connectivity index is 2.58. The number of carbonyl (C=O) groups excluding carboxylic acids is 1. The average molecular weight is 169 g/mol. The van der Waals surface area contributed by atoms with Crippen molar-refractivity contribution in [2.45, 2.75) is 6.92 Å². The molecular formula is C7H11N3O2. The summed E-state index contributed by atoms with van der Waals surface area (Å²) in [5.41, 5.74) is 5.85. The zero-order valence-corrected chi connectivity index (χ0v) is 7.07. The third-order valence-corrected chi connectivity index (χ3v) is 1.45. The molecule has 0 saturated heterocycles. The zero-order valence-electron chi connectivity index (χ0n) is 7.07. The molecule has 0 spiro atoms. The SMILES string of the molecule is Cc1cc(OCC(N)=O)nn1C. The van der Waals surface area contributed by atoms with Gasteiger partial charge in [0.25, 0.3) is 5.91 Å². The van der Waals surface area contributed by atoms with E-state index in [2.05, 4.69) is 5.10 Å². The van der Waals surface area contributed by atoms with Gasteiger partial charge in [-0.1, -0.05) is 0 Å². The lowest BCUT2D eigenvalue weighted by atomic mass is 10.5. The highest BCUT2D eigenvalue weighted by molar-refractivity contribution is 5.75. The van der Waals surface area contributed by atoms with E-state index in [-0.39, 0.29) is 6.61 Å². The van der Waals surface area contributed by atoms with Gasteiger partial charge in [0.1, 0.15) is 0 Å². The van der Waals surface area contributed by atoms with Crippen LogP contribution in [0.2, 0.25) is 0 Å². The van der Waals surface area contributed by atoms with E-state index >= 15 is 0 Å². The number of primary amides is 1. The van der Waals surface area contributed by atoms with Gasteiger partial charge in [0.2, 0.25) is 5.88 Å². The summed E-state index contributed by atoms with van der Waals surface area (Å²) in [6.45, 7) is 1.76. The van der Waals surface area contributed by atoms with E-state index in [4.69, 9.17) is 10.5 Å². The summed E-state index contributed by atoms with van der Waals surface area (Å²) in [5.74, 6) is -0.0768.